The smallest absolute Gasteiger partial charge is 0.224 e. The number of halogens is 4. The number of hydrogen-bond acceptors (Lipinski definition) is 4. The topological polar surface area (TPSA) is 80.3 Å². The Balaban J connectivity index is 2.00. The van der Waals surface area contributed by atoms with E-state index in [-0.39, 0.29) is 17.1 Å². The van der Waals surface area contributed by atoms with Crippen LogP contribution in [0.2, 0.25) is 0 Å². The zero-order valence-electron chi connectivity index (χ0n) is 13.5. The third-order valence-electron chi connectivity index (χ3n) is 4.13. The first-order valence-electron chi connectivity index (χ1n) is 7.60. The lowest BCUT2D eigenvalue weighted by molar-refractivity contribution is -0.153. The van der Waals surface area contributed by atoms with Gasteiger partial charge in [-0.2, -0.15) is 17.9 Å². The molecule has 5 nitrogen and oxygen atoms in total. The minimum Gasteiger partial charge on any atom is -0.224 e. The van der Waals surface area contributed by atoms with Gasteiger partial charge in [-0.05, 0) is 41.8 Å². The van der Waals surface area contributed by atoms with E-state index < -0.39 is 48.4 Å². The number of sulfonamides is 1. The Labute approximate surface area is 153 Å². The van der Waals surface area contributed by atoms with Crippen LogP contribution in [-0.2, 0) is 26.3 Å². The highest BCUT2D eigenvalue weighted by Crippen LogP contribution is 2.35. The van der Waals surface area contributed by atoms with E-state index in [0.717, 1.165) is 36.4 Å². The number of rotatable bonds is 4. The molecule has 1 unspecified atom stereocenters. The number of sulfone groups is 1. The molecule has 0 aromatic heterocycles. The van der Waals surface area contributed by atoms with E-state index in [1.807, 2.05) is 0 Å². The molecule has 146 valence electrons. The van der Waals surface area contributed by atoms with Gasteiger partial charge in [0.15, 0.2) is 9.84 Å². The maximum absolute atomic E-state index is 13.4. The van der Waals surface area contributed by atoms with Gasteiger partial charge in [-0.15, -0.1) is 0 Å². The normalized spacial score (nSPS) is 17.5. The fraction of sp³-hybridized carbons (Fsp3) is 0.250. The summed E-state index contributed by atoms with van der Waals surface area (Å²) in [5.74, 6) is -0.952. The van der Waals surface area contributed by atoms with E-state index in [1.54, 1.807) is 0 Å². The zero-order chi connectivity index (χ0) is 20.0. The van der Waals surface area contributed by atoms with Crippen LogP contribution in [0, 0.1) is 5.82 Å². The molecule has 2 aromatic rings. The van der Waals surface area contributed by atoms with Gasteiger partial charge >= 0.3 is 6.18 Å². The van der Waals surface area contributed by atoms with E-state index in [0.29, 0.717) is 5.56 Å². The Bertz CT molecular complexity index is 1080. The molecule has 1 heterocycles. The second-order valence-corrected chi connectivity index (χ2v) is 9.78. The standard InChI is InChI=1S/C16H13F4NO4S2/c17-12-4-1-11(2-5-12)15(16(18,19)20)21-27(24,25)13-6-3-10-7-8-26(22,23)14(10)9-13/h1-6,9,15,21H,7-8H2. The van der Waals surface area contributed by atoms with Gasteiger partial charge in [0.25, 0.3) is 0 Å². The van der Waals surface area contributed by atoms with Crippen LogP contribution in [0.25, 0.3) is 0 Å². The fourth-order valence-electron chi connectivity index (χ4n) is 2.75. The van der Waals surface area contributed by atoms with Gasteiger partial charge in [0.05, 0.1) is 15.5 Å². The highest BCUT2D eigenvalue weighted by atomic mass is 32.2. The third-order valence-corrected chi connectivity index (χ3v) is 7.34. The SMILES string of the molecule is O=S1(=O)CCc2ccc(S(=O)(=O)NC(c3ccc(F)cc3)C(F)(F)F)cc21. The van der Waals surface area contributed by atoms with Crippen molar-refractivity contribution < 1.29 is 34.4 Å². The van der Waals surface area contributed by atoms with Crippen LogP contribution < -0.4 is 4.72 Å². The maximum atomic E-state index is 13.4. The molecule has 27 heavy (non-hydrogen) atoms. The van der Waals surface area contributed by atoms with Crippen LogP contribution >= 0.6 is 0 Å². The first-order chi connectivity index (χ1) is 12.4. The fourth-order valence-corrected chi connectivity index (χ4v) is 5.65. The Morgan fingerprint density at radius 3 is 2.26 bits per heavy atom. The van der Waals surface area contributed by atoms with Gasteiger partial charge in [0.2, 0.25) is 10.0 Å². The Morgan fingerprint density at radius 2 is 1.67 bits per heavy atom. The van der Waals surface area contributed by atoms with E-state index >= 15 is 0 Å². The zero-order valence-corrected chi connectivity index (χ0v) is 15.1. The molecule has 0 saturated heterocycles. The summed E-state index contributed by atoms with van der Waals surface area (Å²) < 4.78 is 103. The number of nitrogens with one attached hydrogen (secondary N) is 1. The van der Waals surface area contributed by atoms with Gasteiger partial charge in [0.1, 0.15) is 11.9 Å². The molecule has 0 aliphatic carbocycles. The van der Waals surface area contributed by atoms with Crippen molar-refractivity contribution in [1.82, 2.24) is 4.72 Å². The molecular formula is C16H13F4NO4S2. The number of hydrogen-bond donors (Lipinski definition) is 1. The summed E-state index contributed by atoms with van der Waals surface area (Å²) in [6.07, 6.45) is -4.78. The van der Waals surface area contributed by atoms with Crippen LogP contribution in [-0.4, -0.2) is 28.8 Å². The molecule has 1 aliphatic heterocycles. The first-order valence-corrected chi connectivity index (χ1v) is 10.7. The highest BCUT2D eigenvalue weighted by molar-refractivity contribution is 7.92. The van der Waals surface area contributed by atoms with E-state index in [9.17, 15) is 34.4 Å². The van der Waals surface area contributed by atoms with E-state index in [4.69, 9.17) is 0 Å². The Hall–Kier alpha value is -1.98. The lowest BCUT2D eigenvalue weighted by Crippen LogP contribution is -2.38. The van der Waals surface area contributed by atoms with Crippen molar-refractivity contribution in [3.63, 3.8) is 0 Å². The summed E-state index contributed by atoms with van der Waals surface area (Å²) in [4.78, 5) is -0.793. The monoisotopic (exact) mass is 423 g/mol. The predicted octanol–water partition coefficient (Wildman–Crippen LogP) is 2.74. The molecule has 2 aromatic carbocycles. The van der Waals surface area contributed by atoms with Crippen LogP contribution in [0.15, 0.2) is 52.3 Å². The van der Waals surface area contributed by atoms with E-state index in [1.165, 1.54) is 10.8 Å². The molecule has 1 aliphatic rings. The predicted molar refractivity (Wildman–Crippen MR) is 87.7 cm³/mol. The Kier molecular flexibility index (Phi) is 4.81. The molecule has 0 saturated carbocycles. The van der Waals surface area contributed by atoms with Gasteiger partial charge in [-0.1, -0.05) is 18.2 Å². The summed E-state index contributed by atoms with van der Waals surface area (Å²) in [6.45, 7) is 0. The number of aryl methyl sites for hydroxylation is 1. The van der Waals surface area contributed by atoms with Gasteiger partial charge in [-0.25, -0.2) is 21.2 Å². The summed E-state index contributed by atoms with van der Waals surface area (Å²) in [5, 5.41) is 0. The minimum absolute atomic E-state index is 0.181. The van der Waals surface area contributed by atoms with Crippen molar-refractivity contribution in [2.45, 2.75) is 28.4 Å². The molecule has 3 rings (SSSR count). The summed E-state index contributed by atoms with van der Waals surface area (Å²) in [6, 6.07) is 3.78. The number of benzene rings is 2. The van der Waals surface area contributed by atoms with Crippen LogP contribution in [0.1, 0.15) is 17.2 Å². The summed E-state index contributed by atoms with van der Waals surface area (Å²) in [5.41, 5.74) is -0.0823. The summed E-state index contributed by atoms with van der Waals surface area (Å²) in [7, 11) is -8.36. The quantitative estimate of drug-likeness (QED) is 0.767. The van der Waals surface area contributed by atoms with Gasteiger partial charge < -0.3 is 0 Å². The molecular weight excluding hydrogens is 410 g/mol. The molecule has 0 amide bonds. The average Bonchev–Trinajstić information content (AvgIpc) is 2.88. The Morgan fingerprint density at radius 1 is 1.04 bits per heavy atom. The van der Waals surface area contributed by atoms with Crippen molar-refractivity contribution >= 4 is 19.9 Å². The molecule has 11 heteroatoms. The van der Waals surface area contributed by atoms with Crippen molar-refractivity contribution in [3.05, 3.63) is 59.4 Å². The first kappa shape index (κ1) is 19.8. The van der Waals surface area contributed by atoms with Crippen molar-refractivity contribution in [1.29, 1.82) is 0 Å². The van der Waals surface area contributed by atoms with Gasteiger partial charge in [0, 0.05) is 0 Å². The van der Waals surface area contributed by atoms with Crippen molar-refractivity contribution in [2.24, 2.45) is 0 Å². The second kappa shape index (κ2) is 6.57. The number of fused-ring (bicyclic) bond motifs is 1. The molecule has 1 N–H and O–H groups in total. The van der Waals surface area contributed by atoms with Crippen LogP contribution in [0.3, 0.4) is 0 Å². The molecule has 0 spiro atoms. The van der Waals surface area contributed by atoms with Gasteiger partial charge in [-0.3, -0.25) is 0 Å². The second-order valence-electron chi connectivity index (χ2n) is 5.99. The third kappa shape index (κ3) is 3.99. The molecule has 0 fully saturated rings. The molecule has 0 radical (unpaired) electrons. The van der Waals surface area contributed by atoms with Crippen molar-refractivity contribution in [2.75, 3.05) is 5.75 Å². The largest absolute Gasteiger partial charge is 0.408 e. The number of alkyl halides is 3. The maximum Gasteiger partial charge on any atom is 0.408 e. The van der Waals surface area contributed by atoms with Crippen molar-refractivity contribution in [3.8, 4) is 0 Å². The molecule has 0 bridgehead atoms. The lowest BCUT2D eigenvalue weighted by atomic mass is 10.1. The molecule has 1 atom stereocenters. The van der Waals surface area contributed by atoms with E-state index in [2.05, 4.69) is 0 Å². The summed E-state index contributed by atoms with van der Waals surface area (Å²) >= 11 is 0. The van der Waals surface area contributed by atoms with Crippen LogP contribution in [0.4, 0.5) is 17.6 Å². The lowest BCUT2D eigenvalue weighted by Gasteiger charge is -2.22. The highest BCUT2D eigenvalue weighted by Gasteiger charge is 2.43. The average molecular weight is 423 g/mol. The minimum atomic E-state index is -4.99. The van der Waals surface area contributed by atoms with Crippen LogP contribution in [0.5, 0.6) is 0 Å².